The summed E-state index contributed by atoms with van der Waals surface area (Å²) in [4.78, 5) is 48.5. The van der Waals surface area contributed by atoms with Crippen LogP contribution in [0.5, 0.6) is 11.5 Å². The summed E-state index contributed by atoms with van der Waals surface area (Å²) >= 11 is 3.02. The van der Waals surface area contributed by atoms with Gasteiger partial charge in [-0.05, 0) is 70.8 Å². The number of carbonyl (C=O) groups excluding carboxylic acids is 2. The van der Waals surface area contributed by atoms with Crippen LogP contribution in [-0.4, -0.2) is 71.0 Å². The first-order valence-corrected chi connectivity index (χ1v) is 21.8. The molecule has 2 unspecified atom stereocenters. The highest BCUT2D eigenvalue weighted by atomic mass is 32.2. The van der Waals surface area contributed by atoms with Crippen molar-refractivity contribution in [1.29, 1.82) is 0 Å². The predicted molar refractivity (Wildman–Crippen MR) is 242 cm³/mol. The van der Waals surface area contributed by atoms with Crippen molar-refractivity contribution in [2.24, 2.45) is 0 Å². The zero-order valence-corrected chi connectivity index (χ0v) is 36.6. The van der Waals surface area contributed by atoms with Crippen molar-refractivity contribution in [3.05, 3.63) is 180 Å². The van der Waals surface area contributed by atoms with E-state index in [2.05, 4.69) is 52.0 Å². The van der Waals surface area contributed by atoms with Crippen LogP contribution in [-0.2, 0) is 39.5 Å². The molecule has 5 rings (SSSR count). The number of aliphatic carboxylic acids is 2. The van der Waals surface area contributed by atoms with Crippen LogP contribution in [0.4, 0.5) is 0 Å². The van der Waals surface area contributed by atoms with Crippen LogP contribution < -0.4 is 9.47 Å². The Kier molecular flexibility index (Phi) is 17.0. The van der Waals surface area contributed by atoms with Crippen LogP contribution >= 0.6 is 23.5 Å². The minimum Gasteiger partial charge on any atom is -0.490 e. The highest BCUT2D eigenvalue weighted by Crippen LogP contribution is 2.38. The number of carboxylic acid groups (broad SMARTS) is 2. The number of ether oxygens (including phenoxy) is 4. The van der Waals surface area contributed by atoms with E-state index in [9.17, 15) is 19.2 Å². The van der Waals surface area contributed by atoms with E-state index in [0.717, 1.165) is 56.3 Å². The van der Waals surface area contributed by atoms with E-state index in [1.165, 1.54) is 23.5 Å². The van der Waals surface area contributed by atoms with Gasteiger partial charge in [0.1, 0.15) is 36.9 Å². The summed E-state index contributed by atoms with van der Waals surface area (Å²) in [5.41, 5.74) is 3.67. The molecule has 0 spiro atoms. The van der Waals surface area contributed by atoms with E-state index in [-0.39, 0.29) is 24.0 Å². The Morgan fingerprint density at radius 3 is 1.23 bits per heavy atom. The molecule has 0 radical (unpaired) electrons. The molecule has 0 aliphatic heterocycles. The minimum atomic E-state index is -1.24. The van der Waals surface area contributed by atoms with E-state index in [1.54, 1.807) is 0 Å². The lowest BCUT2D eigenvalue weighted by atomic mass is 9.73. The Hall–Kier alpha value is -6.24. The van der Waals surface area contributed by atoms with E-state index in [1.807, 2.05) is 109 Å². The number of thioether (sulfide) groups is 2. The lowest BCUT2D eigenvalue weighted by Crippen LogP contribution is -2.27. The van der Waals surface area contributed by atoms with Crippen LogP contribution in [0, 0.1) is 0 Å². The van der Waals surface area contributed by atoms with Gasteiger partial charge < -0.3 is 29.2 Å². The zero-order valence-electron chi connectivity index (χ0n) is 35.0. The first-order chi connectivity index (χ1) is 29.7. The minimum absolute atomic E-state index is 0.0807. The molecule has 0 saturated carbocycles. The smallest absolute Gasteiger partial charge is 0.331 e. The van der Waals surface area contributed by atoms with E-state index in [0.29, 0.717) is 23.0 Å². The first kappa shape index (κ1) is 46.8. The van der Waals surface area contributed by atoms with E-state index < -0.39 is 36.1 Å². The third kappa shape index (κ3) is 14.5. The Balaban J connectivity index is 1.22. The van der Waals surface area contributed by atoms with Crippen LogP contribution in [0.1, 0.15) is 49.9 Å². The molecule has 5 aromatic rings. The molecular weight excluding hydrogens is 825 g/mol. The molecule has 2 N–H and O–H groups in total. The van der Waals surface area contributed by atoms with Crippen molar-refractivity contribution in [2.75, 3.05) is 24.7 Å². The van der Waals surface area contributed by atoms with Gasteiger partial charge in [0.25, 0.3) is 0 Å². The third-order valence-electron chi connectivity index (χ3n) is 9.98. The normalized spacial score (nSPS) is 12.7. The quantitative estimate of drug-likeness (QED) is 0.0388. The van der Waals surface area contributed by atoms with Gasteiger partial charge in [-0.2, -0.15) is 0 Å². The van der Waals surface area contributed by atoms with Crippen molar-refractivity contribution in [1.82, 2.24) is 0 Å². The number of carbonyl (C=O) groups is 4. The largest absolute Gasteiger partial charge is 0.490 e. The van der Waals surface area contributed by atoms with Gasteiger partial charge in [-0.1, -0.05) is 113 Å². The maximum atomic E-state index is 12.3. The molecule has 0 aliphatic carbocycles. The molecule has 322 valence electrons. The molecule has 0 bridgehead atoms. The maximum absolute atomic E-state index is 12.3. The molecule has 0 aliphatic rings. The molecule has 5 aromatic carbocycles. The predicted octanol–water partition coefficient (Wildman–Crippen LogP) is 9.79. The number of hydrogen-bond acceptors (Lipinski definition) is 10. The van der Waals surface area contributed by atoms with Crippen LogP contribution in [0.15, 0.2) is 168 Å². The molecule has 0 aromatic heterocycles. The lowest BCUT2D eigenvalue weighted by molar-refractivity contribution is -0.144. The number of hydrogen-bond donors (Lipinski definition) is 2. The molecule has 10 nitrogen and oxygen atoms in total. The summed E-state index contributed by atoms with van der Waals surface area (Å²) in [6, 6.07) is 43.6. The SMILES string of the molecule is CC(C)(c1ccc(OCC(CSc2ccccc2)OC(=O)C=CC(=O)O)cc1)c1cccc(C(C)(C)c2ccc(OCC(CSc3ccccc3)OC(=O)C=CC(=O)O)cc2)c1. The molecule has 0 fully saturated rings. The van der Waals surface area contributed by atoms with Crippen molar-refractivity contribution < 1.29 is 48.3 Å². The monoisotopic (exact) mass is 874 g/mol. The van der Waals surface area contributed by atoms with Crippen LogP contribution in [0.2, 0.25) is 0 Å². The Morgan fingerprint density at radius 1 is 0.500 bits per heavy atom. The topological polar surface area (TPSA) is 146 Å². The Bertz CT molecular complexity index is 2150. The second kappa shape index (κ2) is 22.6. The van der Waals surface area contributed by atoms with Gasteiger partial charge >= 0.3 is 23.9 Å². The third-order valence-corrected chi connectivity index (χ3v) is 12.3. The fraction of sp³-hybridized carbons (Fsp3) is 0.240. The summed E-state index contributed by atoms with van der Waals surface area (Å²) in [6.45, 7) is 8.86. The highest BCUT2D eigenvalue weighted by molar-refractivity contribution is 7.99. The molecule has 0 amide bonds. The van der Waals surface area contributed by atoms with Crippen molar-refractivity contribution in [2.45, 2.75) is 60.5 Å². The standard InChI is InChI=1S/C50H50O10S2/c1-49(2,35-18-22-39(23-19-35)57-31-41(59-47(55)28-26-45(51)52)33-61-43-14-7-5-8-15-43)37-12-11-13-38(30-37)50(3,4)36-20-24-40(25-21-36)58-32-42(60-48(56)29-27-46(53)54)34-62-44-16-9-6-10-17-44/h5-30,41-42H,31-34H2,1-4H3,(H,51,52)(H,53,54). The second-order valence-electron chi connectivity index (χ2n) is 15.2. The fourth-order valence-corrected chi connectivity index (χ4v) is 8.06. The summed E-state index contributed by atoms with van der Waals surface area (Å²) < 4.78 is 23.3. The average Bonchev–Trinajstić information content (AvgIpc) is 3.27. The zero-order chi connectivity index (χ0) is 44.5. The summed E-state index contributed by atoms with van der Waals surface area (Å²) in [5, 5.41) is 17.8. The Labute approximate surface area is 371 Å². The number of carboxylic acids is 2. The average molecular weight is 875 g/mol. The van der Waals surface area contributed by atoms with Gasteiger partial charge in [0.15, 0.2) is 0 Å². The molecular formula is C50H50O10S2. The summed E-state index contributed by atoms with van der Waals surface area (Å²) in [7, 11) is 0. The molecule has 0 heterocycles. The van der Waals surface area contributed by atoms with Gasteiger partial charge in [-0.3, -0.25) is 0 Å². The molecule has 2 atom stereocenters. The van der Waals surface area contributed by atoms with Crippen LogP contribution in [0.25, 0.3) is 0 Å². The number of esters is 2. The first-order valence-electron chi connectivity index (χ1n) is 19.9. The van der Waals surface area contributed by atoms with E-state index in [4.69, 9.17) is 29.2 Å². The highest BCUT2D eigenvalue weighted by Gasteiger charge is 2.28. The number of rotatable bonds is 22. The van der Waals surface area contributed by atoms with E-state index >= 15 is 0 Å². The molecule has 62 heavy (non-hydrogen) atoms. The van der Waals surface area contributed by atoms with Crippen LogP contribution in [0.3, 0.4) is 0 Å². The van der Waals surface area contributed by atoms with Crippen molar-refractivity contribution >= 4 is 47.4 Å². The van der Waals surface area contributed by atoms with Gasteiger partial charge in [0.2, 0.25) is 0 Å². The summed E-state index contributed by atoms with van der Waals surface area (Å²) in [5.74, 6) is -1.94. The van der Waals surface area contributed by atoms with Crippen molar-refractivity contribution in [3.63, 3.8) is 0 Å². The lowest BCUT2D eigenvalue weighted by Gasteiger charge is -2.31. The van der Waals surface area contributed by atoms with Gasteiger partial charge in [0, 0.05) is 56.4 Å². The van der Waals surface area contributed by atoms with Gasteiger partial charge in [-0.25, -0.2) is 19.2 Å². The van der Waals surface area contributed by atoms with Crippen molar-refractivity contribution in [3.8, 4) is 11.5 Å². The fourth-order valence-electron chi connectivity index (χ4n) is 6.27. The van der Waals surface area contributed by atoms with Gasteiger partial charge in [-0.15, -0.1) is 23.5 Å². The second-order valence-corrected chi connectivity index (χ2v) is 17.4. The molecule has 0 saturated heterocycles. The van der Waals surface area contributed by atoms with Gasteiger partial charge in [0.05, 0.1) is 0 Å². The number of benzene rings is 5. The molecule has 12 heteroatoms. The maximum Gasteiger partial charge on any atom is 0.331 e. The Morgan fingerprint density at radius 2 is 0.871 bits per heavy atom. The summed E-state index contributed by atoms with van der Waals surface area (Å²) in [6.07, 6.45) is 2.02.